The topological polar surface area (TPSA) is 18.5 Å². The number of rotatable bonds is 7. The molecule has 2 nitrogen and oxygen atoms in total. The van der Waals surface area contributed by atoms with E-state index in [4.69, 9.17) is 9.47 Å². The molecule has 0 spiro atoms. The fraction of sp³-hybridized carbons (Fsp3) is 0.588. The molecule has 2 saturated carbocycles. The molecule has 206 valence electrons. The average Bonchev–Trinajstić information content (AvgIpc) is 2.97. The van der Waals surface area contributed by atoms with Crippen molar-refractivity contribution < 1.29 is 18.3 Å². The second kappa shape index (κ2) is 12.8. The first kappa shape index (κ1) is 27.4. The summed E-state index contributed by atoms with van der Waals surface area (Å²) in [5, 5.41) is 0. The van der Waals surface area contributed by atoms with Crippen molar-refractivity contribution in [2.45, 2.75) is 90.1 Å². The largest absolute Gasteiger partial charge is 0.491 e. The quantitative estimate of drug-likeness (QED) is 0.337. The Kier molecular flexibility index (Phi) is 9.20. The van der Waals surface area contributed by atoms with Crippen LogP contribution in [0.3, 0.4) is 0 Å². The first-order valence-electron chi connectivity index (χ1n) is 15.0. The van der Waals surface area contributed by atoms with E-state index < -0.39 is 11.6 Å². The van der Waals surface area contributed by atoms with E-state index in [9.17, 15) is 8.78 Å². The fourth-order valence-electron chi connectivity index (χ4n) is 7.40. The summed E-state index contributed by atoms with van der Waals surface area (Å²) in [5.74, 6) is 1.80. The molecule has 2 atom stereocenters. The van der Waals surface area contributed by atoms with Crippen LogP contribution in [-0.4, -0.2) is 19.3 Å². The Balaban J connectivity index is 1.10. The molecule has 3 aliphatic rings. The van der Waals surface area contributed by atoms with E-state index in [-0.39, 0.29) is 11.3 Å². The van der Waals surface area contributed by atoms with E-state index in [1.54, 1.807) is 13.0 Å². The summed E-state index contributed by atoms with van der Waals surface area (Å²) < 4.78 is 40.7. The monoisotopic (exact) mass is 522 g/mol. The smallest absolute Gasteiger partial charge is 0.201 e. The van der Waals surface area contributed by atoms with Gasteiger partial charge in [-0.25, -0.2) is 4.39 Å². The Morgan fingerprint density at radius 1 is 0.789 bits per heavy atom. The number of ether oxygens (including phenoxy) is 2. The van der Waals surface area contributed by atoms with Crippen LogP contribution in [0.15, 0.2) is 48.6 Å². The van der Waals surface area contributed by atoms with E-state index in [0.29, 0.717) is 30.1 Å². The highest BCUT2D eigenvalue weighted by molar-refractivity contribution is 5.65. The Bertz CT molecular complexity index is 1050. The van der Waals surface area contributed by atoms with Gasteiger partial charge >= 0.3 is 0 Å². The average molecular weight is 523 g/mol. The highest BCUT2D eigenvalue weighted by Gasteiger charge is 2.35. The van der Waals surface area contributed by atoms with Crippen LogP contribution in [0.2, 0.25) is 0 Å². The summed E-state index contributed by atoms with van der Waals surface area (Å²) in [6.07, 6.45) is 17.9. The first-order chi connectivity index (χ1) is 18.6. The SMILES string of the molecule is CC=CC1CCC(C2CCC(C3CCC(c4ccc(-c5ccc(OCC)c(F)c5F)cc4)CC3)CO2)CC1. The first-order valence-corrected chi connectivity index (χ1v) is 15.0. The zero-order valence-electron chi connectivity index (χ0n) is 23.1. The summed E-state index contributed by atoms with van der Waals surface area (Å²) >= 11 is 0. The van der Waals surface area contributed by atoms with Crippen molar-refractivity contribution in [3.8, 4) is 16.9 Å². The maximum Gasteiger partial charge on any atom is 0.201 e. The molecule has 0 bridgehead atoms. The summed E-state index contributed by atoms with van der Waals surface area (Å²) in [6, 6.07) is 11.2. The molecule has 0 N–H and O–H groups in total. The summed E-state index contributed by atoms with van der Waals surface area (Å²) in [6.45, 7) is 5.15. The molecule has 0 radical (unpaired) electrons. The minimum absolute atomic E-state index is 0.0341. The fourth-order valence-corrected chi connectivity index (χ4v) is 7.40. The Morgan fingerprint density at radius 3 is 2.11 bits per heavy atom. The van der Waals surface area contributed by atoms with Crippen LogP contribution in [0.4, 0.5) is 8.78 Å². The van der Waals surface area contributed by atoms with Crippen LogP contribution >= 0.6 is 0 Å². The second-order valence-electron chi connectivity index (χ2n) is 11.8. The lowest BCUT2D eigenvalue weighted by molar-refractivity contribution is -0.0721. The van der Waals surface area contributed by atoms with Gasteiger partial charge in [-0.15, -0.1) is 0 Å². The van der Waals surface area contributed by atoms with E-state index in [0.717, 1.165) is 24.4 Å². The minimum Gasteiger partial charge on any atom is -0.491 e. The highest BCUT2D eigenvalue weighted by Crippen LogP contribution is 2.43. The summed E-state index contributed by atoms with van der Waals surface area (Å²) in [5.41, 5.74) is 2.29. The highest BCUT2D eigenvalue weighted by atomic mass is 19.2. The number of hydrogen-bond donors (Lipinski definition) is 0. The minimum atomic E-state index is -0.915. The number of halogens is 2. The van der Waals surface area contributed by atoms with E-state index in [2.05, 4.69) is 31.2 Å². The lowest BCUT2D eigenvalue weighted by atomic mass is 9.71. The van der Waals surface area contributed by atoms with Gasteiger partial charge in [0.2, 0.25) is 5.82 Å². The van der Waals surface area contributed by atoms with Crippen molar-refractivity contribution >= 4 is 0 Å². The molecule has 0 amide bonds. The molecular formula is C34H44F2O2. The van der Waals surface area contributed by atoms with Gasteiger partial charge in [-0.2, -0.15) is 4.39 Å². The predicted octanol–water partition coefficient (Wildman–Crippen LogP) is 9.48. The van der Waals surface area contributed by atoms with E-state index in [1.807, 2.05) is 12.1 Å². The van der Waals surface area contributed by atoms with Crippen molar-refractivity contribution in [3.05, 3.63) is 65.7 Å². The number of hydrogen-bond acceptors (Lipinski definition) is 2. The van der Waals surface area contributed by atoms with Crippen molar-refractivity contribution in [1.82, 2.24) is 0 Å². The molecule has 2 aromatic rings. The predicted molar refractivity (Wildman–Crippen MR) is 150 cm³/mol. The maximum atomic E-state index is 14.7. The molecule has 2 aromatic carbocycles. The third-order valence-electron chi connectivity index (χ3n) is 9.63. The molecule has 2 aliphatic carbocycles. The van der Waals surface area contributed by atoms with E-state index >= 15 is 0 Å². The maximum absolute atomic E-state index is 14.7. The van der Waals surface area contributed by atoms with Crippen molar-refractivity contribution in [2.24, 2.45) is 23.7 Å². The molecule has 1 heterocycles. The summed E-state index contributed by atoms with van der Waals surface area (Å²) in [4.78, 5) is 0. The molecular weight excluding hydrogens is 478 g/mol. The third kappa shape index (κ3) is 6.17. The van der Waals surface area contributed by atoms with Crippen LogP contribution in [0.5, 0.6) is 5.75 Å². The number of benzene rings is 2. The van der Waals surface area contributed by atoms with Crippen LogP contribution in [0.1, 0.15) is 89.5 Å². The van der Waals surface area contributed by atoms with Gasteiger partial charge in [0, 0.05) is 5.56 Å². The van der Waals surface area contributed by atoms with Gasteiger partial charge < -0.3 is 9.47 Å². The Hall–Kier alpha value is -2.20. The van der Waals surface area contributed by atoms with Crippen molar-refractivity contribution in [3.63, 3.8) is 0 Å². The lowest BCUT2D eigenvalue weighted by Gasteiger charge is -2.41. The molecule has 2 unspecified atom stereocenters. The molecule has 5 rings (SSSR count). The Morgan fingerprint density at radius 2 is 1.47 bits per heavy atom. The standard InChI is InChI=1S/C34H44F2O2/c1-3-5-23-6-8-28(9-7-23)31-20-18-29(22-38-31)26-12-10-24(11-13-26)25-14-16-27(17-15-25)30-19-21-32(37-4-2)34(36)33(30)35/h3,5,14-17,19,21,23-24,26,28-29,31H,4,6-13,18,20,22H2,1-2H3. The number of allylic oxidation sites excluding steroid dienone is 2. The van der Waals surface area contributed by atoms with Crippen LogP contribution in [0, 0.1) is 35.3 Å². The molecule has 38 heavy (non-hydrogen) atoms. The van der Waals surface area contributed by atoms with Gasteiger partial charge in [0.05, 0.1) is 19.3 Å². The molecule has 0 aromatic heterocycles. The van der Waals surface area contributed by atoms with Gasteiger partial charge in [0.25, 0.3) is 0 Å². The van der Waals surface area contributed by atoms with Crippen LogP contribution in [-0.2, 0) is 4.74 Å². The van der Waals surface area contributed by atoms with Gasteiger partial charge in [-0.3, -0.25) is 0 Å². The van der Waals surface area contributed by atoms with Gasteiger partial charge in [-0.1, -0.05) is 36.4 Å². The third-order valence-corrected chi connectivity index (χ3v) is 9.63. The molecule has 4 heteroatoms. The lowest BCUT2D eigenvalue weighted by Crippen LogP contribution is -2.37. The molecule has 1 aliphatic heterocycles. The summed E-state index contributed by atoms with van der Waals surface area (Å²) in [7, 11) is 0. The zero-order chi connectivity index (χ0) is 26.5. The Labute approximate surface area is 227 Å². The van der Waals surface area contributed by atoms with Gasteiger partial charge in [0.15, 0.2) is 11.6 Å². The van der Waals surface area contributed by atoms with Crippen molar-refractivity contribution in [2.75, 3.05) is 13.2 Å². The molecule has 1 saturated heterocycles. The second-order valence-corrected chi connectivity index (χ2v) is 11.8. The zero-order valence-corrected chi connectivity index (χ0v) is 23.1. The van der Waals surface area contributed by atoms with Crippen LogP contribution < -0.4 is 4.74 Å². The van der Waals surface area contributed by atoms with Crippen LogP contribution in [0.25, 0.3) is 11.1 Å². The van der Waals surface area contributed by atoms with Crippen molar-refractivity contribution in [1.29, 1.82) is 0 Å². The van der Waals surface area contributed by atoms with E-state index in [1.165, 1.54) is 75.8 Å². The van der Waals surface area contributed by atoms with Gasteiger partial charge in [0.1, 0.15) is 0 Å². The normalized spacial score (nSPS) is 30.4. The molecule has 3 fully saturated rings. The van der Waals surface area contributed by atoms with Gasteiger partial charge in [-0.05, 0) is 131 Å².